The average molecular weight is 260 g/mol. The second kappa shape index (κ2) is 7.29. The lowest BCUT2D eigenvalue weighted by Gasteiger charge is -2.25. The van der Waals surface area contributed by atoms with Gasteiger partial charge in [-0.2, -0.15) is 0 Å². The van der Waals surface area contributed by atoms with E-state index in [9.17, 15) is 4.79 Å². The molecule has 2 rings (SSSR count). The number of unbranched alkanes of at least 4 members (excludes halogenated alkanes) is 3. The average Bonchev–Trinajstić information content (AvgIpc) is 2.46. The minimum absolute atomic E-state index is 0.0684. The Bertz CT molecular complexity index is 417. The highest BCUT2D eigenvalue weighted by Gasteiger charge is 2.23. The van der Waals surface area contributed by atoms with Gasteiger partial charge in [-0.25, -0.2) is 0 Å². The Balaban J connectivity index is 1.76. The first-order valence-electron chi connectivity index (χ1n) is 7.39. The molecule has 3 nitrogen and oxygen atoms in total. The Morgan fingerprint density at radius 1 is 1.26 bits per heavy atom. The van der Waals surface area contributed by atoms with E-state index in [0.717, 1.165) is 25.9 Å². The van der Waals surface area contributed by atoms with Crippen LogP contribution in [0.15, 0.2) is 24.3 Å². The molecular weight excluding hydrogens is 236 g/mol. The van der Waals surface area contributed by atoms with Crippen LogP contribution in [0, 0.1) is 0 Å². The molecule has 0 saturated carbocycles. The molecular formula is C16H24N2O. The zero-order chi connectivity index (χ0) is 13.5. The molecule has 3 heteroatoms. The second-order valence-corrected chi connectivity index (χ2v) is 5.26. The molecule has 0 aromatic heterocycles. The van der Waals surface area contributed by atoms with Gasteiger partial charge in [-0.1, -0.05) is 50.5 Å². The first-order valence-corrected chi connectivity index (χ1v) is 7.39. The smallest absolute Gasteiger partial charge is 0.237 e. The molecule has 0 spiro atoms. The summed E-state index contributed by atoms with van der Waals surface area (Å²) >= 11 is 0. The van der Waals surface area contributed by atoms with E-state index < -0.39 is 0 Å². The highest BCUT2D eigenvalue weighted by molar-refractivity contribution is 5.82. The molecule has 0 fully saturated rings. The van der Waals surface area contributed by atoms with E-state index in [-0.39, 0.29) is 11.9 Å². The minimum atomic E-state index is -0.0684. The van der Waals surface area contributed by atoms with Crippen LogP contribution in [0.4, 0.5) is 0 Å². The Morgan fingerprint density at radius 3 is 2.84 bits per heavy atom. The van der Waals surface area contributed by atoms with Gasteiger partial charge >= 0.3 is 0 Å². The molecule has 104 valence electrons. The van der Waals surface area contributed by atoms with Crippen LogP contribution in [0.2, 0.25) is 0 Å². The molecule has 1 aromatic carbocycles. The maximum absolute atomic E-state index is 12.1. The van der Waals surface area contributed by atoms with Gasteiger partial charge in [-0.3, -0.25) is 4.79 Å². The van der Waals surface area contributed by atoms with Crippen LogP contribution in [0.1, 0.15) is 43.7 Å². The third kappa shape index (κ3) is 4.06. The Kier molecular flexibility index (Phi) is 5.40. The van der Waals surface area contributed by atoms with E-state index in [4.69, 9.17) is 0 Å². The van der Waals surface area contributed by atoms with E-state index in [0.29, 0.717) is 0 Å². The summed E-state index contributed by atoms with van der Waals surface area (Å²) in [6, 6.07) is 8.28. The largest absolute Gasteiger partial charge is 0.355 e. The quantitative estimate of drug-likeness (QED) is 0.771. The number of benzene rings is 1. The summed E-state index contributed by atoms with van der Waals surface area (Å²) in [6.45, 7) is 3.80. The van der Waals surface area contributed by atoms with Crippen molar-refractivity contribution in [3.05, 3.63) is 35.4 Å². The van der Waals surface area contributed by atoms with Gasteiger partial charge in [0.1, 0.15) is 0 Å². The van der Waals surface area contributed by atoms with Crippen molar-refractivity contribution >= 4 is 5.91 Å². The van der Waals surface area contributed by atoms with E-state index in [1.54, 1.807) is 0 Å². The van der Waals surface area contributed by atoms with Crippen molar-refractivity contribution in [2.24, 2.45) is 0 Å². The molecule has 1 aliphatic heterocycles. The zero-order valence-corrected chi connectivity index (χ0v) is 11.7. The van der Waals surface area contributed by atoms with E-state index in [1.165, 1.54) is 30.4 Å². The Hall–Kier alpha value is -1.35. The first kappa shape index (κ1) is 14.1. The molecule has 0 unspecified atom stereocenters. The number of fused-ring (bicyclic) bond motifs is 1. The summed E-state index contributed by atoms with van der Waals surface area (Å²) in [6.07, 6.45) is 5.58. The van der Waals surface area contributed by atoms with Gasteiger partial charge in [0, 0.05) is 13.1 Å². The number of amides is 1. The third-order valence-corrected chi connectivity index (χ3v) is 3.73. The van der Waals surface area contributed by atoms with Crippen molar-refractivity contribution in [2.45, 2.75) is 51.6 Å². The molecule has 0 radical (unpaired) electrons. The van der Waals surface area contributed by atoms with Crippen molar-refractivity contribution < 1.29 is 4.79 Å². The predicted octanol–water partition coefficient (Wildman–Crippen LogP) is 2.40. The van der Waals surface area contributed by atoms with E-state index >= 15 is 0 Å². The topological polar surface area (TPSA) is 41.1 Å². The fourth-order valence-corrected chi connectivity index (χ4v) is 2.53. The van der Waals surface area contributed by atoms with Gasteiger partial charge in [0.15, 0.2) is 0 Å². The molecule has 1 atom stereocenters. The summed E-state index contributed by atoms with van der Waals surface area (Å²) in [5.41, 5.74) is 2.61. The highest BCUT2D eigenvalue weighted by atomic mass is 16.2. The molecule has 0 aliphatic carbocycles. The van der Waals surface area contributed by atoms with E-state index in [2.05, 4.69) is 35.8 Å². The van der Waals surface area contributed by atoms with Crippen LogP contribution >= 0.6 is 0 Å². The molecule has 0 bridgehead atoms. The number of hydrogen-bond donors (Lipinski definition) is 2. The van der Waals surface area contributed by atoms with Crippen LogP contribution in [0.3, 0.4) is 0 Å². The number of rotatable bonds is 6. The van der Waals surface area contributed by atoms with Gasteiger partial charge in [-0.05, 0) is 24.0 Å². The molecule has 19 heavy (non-hydrogen) atoms. The van der Waals surface area contributed by atoms with Crippen molar-refractivity contribution in [3.63, 3.8) is 0 Å². The normalized spacial score (nSPS) is 17.8. The second-order valence-electron chi connectivity index (χ2n) is 5.26. The lowest BCUT2D eigenvalue weighted by molar-refractivity contribution is -0.123. The molecule has 1 amide bonds. The molecule has 2 N–H and O–H groups in total. The number of carbonyl (C=O) groups excluding carboxylic acids is 1. The van der Waals surface area contributed by atoms with Crippen LogP contribution < -0.4 is 10.6 Å². The van der Waals surface area contributed by atoms with Gasteiger partial charge in [0.05, 0.1) is 6.04 Å². The Labute approximate surface area is 115 Å². The molecule has 0 saturated heterocycles. The number of hydrogen-bond acceptors (Lipinski definition) is 2. The summed E-state index contributed by atoms with van der Waals surface area (Å²) < 4.78 is 0. The maximum atomic E-state index is 12.1. The standard InChI is InChI=1S/C16H24N2O/c1-2-3-4-7-10-17-16(19)15-11-13-8-5-6-9-14(13)12-18-15/h5-6,8-9,15,18H,2-4,7,10-12H2,1H3,(H,17,19)/t15-/m1/s1. The maximum Gasteiger partial charge on any atom is 0.237 e. The minimum Gasteiger partial charge on any atom is -0.355 e. The summed E-state index contributed by atoms with van der Waals surface area (Å²) in [5.74, 6) is 0.144. The summed E-state index contributed by atoms with van der Waals surface area (Å²) in [5, 5.41) is 6.36. The third-order valence-electron chi connectivity index (χ3n) is 3.73. The first-order chi connectivity index (χ1) is 9.31. The fourth-order valence-electron chi connectivity index (χ4n) is 2.53. The highest BCUT2D eigenvalue weighted by Crippen LogP contribution is 2.16. The lowest BCUT2D eigenvalue weighted by atomic mass is 9.95. The molecule has 1 aliphatic rings. The predicted molar refractivity (Wildman–Crippen MR) is 77.9 cm³/mol. The zero-order valence-electron chi connectivity index (χ0n) is 11.7. The van der Waals surface area contributed by atoms with Gasteiger partial charge in [0.25, 0.3) is 0 Å². The van der Waals surface area contributed by atoms with Crippen molar-refractivity contribution in [1.29, 1.82) is 0 Å². The summed E-state index contributed by atoms with van der Waals surface area (Å²) in [7, 11) is 0. The molecule has 1 heterocycles. The molecule has 1 aromatic rings. The van der Waals surface area contributed by atoms with Crippen molar-refractivity contribution in [3.8, 4) is 0 Å². The fraction of sp³-hybridized carbons (Fsp3) is 0.562. The van der Waals surface area contributed by atoms with Crippen molar-refractivity contribution in [2.75, 3.05) is 6.54 Å². The Morgan fingerprint density at radius 2 is 2.05 bits per heavy atom. The number of nitrogens with one attached hydrogen (secondary N) is 2. The van der Waals surface area contributed by atoms with Crippen LogP contribution in [0.25, 0.3) is 0 Å². The van der Waals surface area contributed by atoms with Gasteiger partial charge in [-0.15, -0.1) is 0 Å². The SMILES string of the molecule is CCCCCCNC(=O)[C@H]1Cc2ccccc2CN1. The van der Waals surface area contributed by atoms with Gasteiger partial charge < -0.3 is 10.6 Å². The van der Waals surface area contributed by atoms with E-state index in [1.807, 2.05) is 6.07 Å². The van der Waals surface area contributed by atoms with Crippen LogP contribution in [-0.2, 0) is 17.8 Å². The van der Waals surface area contributed by atoms with Crippen LogP contribution in [0.5, 0.6) is 0 Å². The monoisotopic (exact) mass is 260 g/mol. The lowest BCUT2D eigenvalue weighted by Crippen LogP contribution is -2.47. The summed E-state index contributed by atoms with van der Waals surface area (Å²) in [4.78, 5) is 12.1. The van der Waals surface area contributed by atoms with Crippen molar-refractivity contribution in [1.82, 2.24) is 10.6 Å². The van der Waals surface area contributed by atoms with Crippen LogP contribution in [-0.4, -0.2) is 18.5 Å². The number of carbonyl (C=O) groups is 1. The van der Waals surface area contributed by atoms with Gasteiger partial charge in [0.2, 0.25) is 5.91 Å².